The molecule has 0 heterocycles. The smallest absolute Gasteiger partial charge is 0.325 e. The predicted molar refractivity (Wildman–Crippen MR) is 83.8 cm³/mol. The number of rotatable bonds is 10. The second-order valence-electron chi connectivity index (χ2n) is 4.75. The molecule has 5 nitrogen and oxygen atoms in total. The summed E-state index contributed by atoms with van der Waals surface area (Å²) in [6.07, 6.45) is 0. The Kier molecular flexibility index (Phi) is 7.79. The van der Waals surface area contributed by atoms with E-state index in [1.807, 2.05) is 6.92 Å². The van der Waals surface area contributed by atoms with Gasteiger partial charge in [0.25, 0.3) is 0 Å². The summed E-state index contributed by atoms with van der Waals surface area (Å²) < 4.78 is 5.37. The molecule has 0 amide bonds. The third-order valence-electron chi connectivity index (χ3n) is 3.44. The van der Waals surface area contributed by atoms with Crippen LogP contribution in [0.2, 0.25) is 0 Å². The zero-order valence-electron chi connectivity index (χ0n) is 13.1. The lowest BCUT2D eigenvalue weighted by Crippen LogP contribution is -2.36. The fourth-order valence-electron chi connectivity index (χ4n) is 2.18. The molecule has 5 heteroatoms. The average Bonchev–Trinajstić information content (AvgIpc) is 2.49. The average molecular weight is 294 g/mol. The van der Waals surface area contributed by atoms with Crippen molar-refractivity contribution in [2.24, 2.45) is 0 Å². The van der Waals surface area contributed by atoms with E-state index in [9.17, 15) is 9.90 Å². The normalized spacial score (nSPS) is 12.4. The van der Waals surface area contributed by atoms with Crippen molar-refractivity contribution >= 4 is 5.97 Å². The van der Waals surface area contributed by atoms with Crippen LogP contribution in [-0.4, -0.2) is 48.8 Å². The van der Waals surface area contributed by atoms with Gasteiger partial charge in [0.1, 0.15) is 11.8 Å². The molecule has 118 valence electrons. The van der Waals surface area contributed by atoms with E-state index < -0.39 is 12.0 Å². The summed E-state index contributed by atoms with van der Waals surface area (Å²) in [6.45, 7) is 10.2. The molecule has 0 bridgehead atoms. The zero-order chi connectivity index (χ0) is 15.7. The number of ether oxygens (including phenoxy) is 1. The molecular weight excluding hydrogens is 268 g/mol. The van der Waals surface area contributed by atoms with Crippen molar-refractivity contribution in [3.05, 3.63) is 29.8 Å². The third kappa shape index (κ3) is 5.73. The Bertz CT molecular complexity index is 416. The number of carboxylic acid groups (broad SMARTS) is 1. The van der Waals surface area contributed by atoms with E-state index >= 15 is 0 Å². The van der Waals surface area contributed by atoms with E-state index in [-0.39, 0.29) is 0 Å². The minimum atomic E-state index is -0.862. The van der Waals surface area contributed by atoms with Crippen LogP contribution in [0.3, 0.4) is 0 Å². The first-order valence-electron chi connectivity index (χ1n) is 7.53. The molecule has 1 aromatic carbocycles. The second-order valence-corrected chi connectivity index (χ2v) is 4.75. The number of hydrogen-bond donors (Lipinski definition) is 2. The van der Waals surface area contributed by atoms with Crippen molar-refractivity contribution in [2.45, 2.75) is 26.8 Å². The molecule has 0 aliphatic carbocycles. The molecule has 0 saturated heterocycles. The lowest BCUT2D eigenvalue weighted by molar-refractivity contribution is -0.139. The SMILES string of the molecule is CCOc1ccc(C(NCCN(CC)CC)C(=O)O)cc1. The summed E-state index contributed by atoms with van der Waals surface area (Å²) in [5.74, 6) is -0.104. The van der Waals surface area contributed by atoms with Gasteiger partial charge in [0.2, 0.25) is 0 Å². The van der Waals surface area contributed by atoms with Gasteiger partial charge in [-0.25, -0.2) is 0 Å². The van der Waals surface area contributed by atoms with Crippen molar-refractivity contribution < 1.29 is 14.6 Å². The number of benzene rings is 1. The molecule has 0 fully saturated rings. The number of likely N-dealkylation sites (N-methyl/N-ethyl adjacent to an activating group) is 1. The summed E-state index contributed by atoms with van der Waals surface area (Å²) in [4.78, 5) is 13.7. The van der Waals surface area contributed by atoms with E-state index in [1.165, 1.54) is 0 Å². The molecule has 0 aliphatic rings. The van der Waals surface area contributed by atoms with Gasteiger partial charge in [-0.15, -0.1) is 0 Å². The Hall–Kier alpha value is -1.59. The predicted octanol–water partition coefficient (Wildman–Crippen LogP) is 2.14. The van der Waals surface area contributed by atoms with Crippen molar-refractivity contribution in [2.75, 3.05) is 32.8 Å². The molecule has 0 spiro atoms. The number of nitrogens with one attached hydrogen (secondary N) is 1. The Morgan fingerprint density at radius 2 is 1.86 bits per heavy atom. The highest BCUT2D eigenvalue weighted by molar-refractivity contribution is 5.75. The summed E-state index contributed by atoms with van der Waals surface area (Å²) in [7, 11) is 0. The maximum atomic E-state index is 11.4. The van der Waals surface area contributed by atoms with E-state index in [4.69, 9.17) is 4.74 Å². The van der Waals surface area contributed by atoms with Crippen LogP contribution in [0.25, 0.3) is 0 Å². The first-order chi connectivity index (χ1) is 10.1. The van der Waals surface area contributed by atoms with E-state index in [0.29, 0.717) is 13.2 Å². The van der Waals surface area contributed by atoms with E-state index in [1.54, 1.807) is 24.3 Å². The summed E-state index contributed by atoms with van der Waals surface area (Å²) >= 11 is 0. The molecule has 21 heavy (non-hydrogen) atoms. The lowest BCUT2D eigenvalue weighted by Gasteiger charge is -2.20. The molecular formula is C16H26N2O3. The molecule has 2 N–H and O–H groups in total. The zero-order valence-corrected chi connectivity index (χ0v) is 13.1. The minimum absolute atomic E-state index is 0.601. The highest BCUT2D eigenvalue weighted by atomic mass is 16.5. The first kappa shape index (κ1) is 17.5. The molecule has 0 aliphatic heterocycles. The number of hydrogen-bond acceptors (Lipinski definition) is 4. The summed E-state index contributed by atoms with van der Waals surface area (Å²) in [5, 5.41) is 12.5. The monoisotopic (exact) mass is 294 g/mol. The van der Waals surface area contributed by atoms with Gasteiger partial charge in [-0.1, -0.05) is 26.0 Å². The molecule has 0 saturated carbocycles. The summed E-state index contributed by atoms with van der Waals surface area (Å²) in [5.41, 5.74) is 0.741. The van der Waals surface area contributed by atoms with Gasteiger partial charge in [-0.3, -0.25) is 10.1 Å². The van der Waals surface area contributed by atoms with Crippen LogP contribution in [0.5, 0.6) is 5.75 Å². The number of carboxylic acids is 1. The quantitative estimate of drug-likeness (QED) is 0.692. The fourth-order valence-corrected chi connectivity index (χ4v) is 2.18. The van der Waals surface area contributed by atoms with Crippen LogP contribution in [0.4, 0.5) is 0 Å². The highest BCUT2D eigenvalue weighted by Crippen LogP contribution is 2.18. The number of nitrogens with zero attached hydrogens (tertiary/aromatic N) is 1. The topological polar surface area (TPSA) is 61.8 Å². The maximum absolute atomic E-state index is 11.4. The Labute approximate surface area is 126 Å². The number of aliphatic carboxylic acids is 1. The largest absolute Gasteiger partial charge is 0.494 e. The number of carbonyl (C=O) groups is 1. The maximum Gasteiger partial charge on any atom is 0.325 e. The first-order valence-corrected chi connectivity index (χ1v) is 7.53. The highest BCUT2D eigenvalue weighted by Gasteiger charge is 2.19. The van der Waals surface area contributed by atoms with Crippen LogP contribution in [0.1, 0.15) is 32.4 Å². The molecule has 1 rings (SSSR count). The molecule has 1 unspecified atom stereocenters. The molecule has 0 aromatic heterocycles. The van der Waals surface area contributed by atoms with Gasteiger partial charge in [0.05, 0.1) is 6.61 Å². The fraction of sp³-hybridized carbons (Fsp3) is 0.562. The van der Waals surface area contributed by atoms with Gasteiger partial charge in [-0.05, 0) is 37.7 Å². The molecule has 1 atom stereocenters. The van der Waals surface area contributed by atoms with E-state index in [2.05, 4.69) is 24.1 Å². The van der Waals surface area contributed by atoms with Crippen LogP contribution in [0.15, 0.2) is 24.3 Å². The second kappa shape index (κ2) is 9.37. The van der Waals surface area contributed by atoms with Crippen LogP contribution in [0, 0.1) is 0 Å². The van der Waals surface area contributed by atoms with Crippen molar-refractivity contribution in [1.82, 2.24) is 10.2 Å². The Morgan fingerprint density at radius 1 is 1.24 bits per heavy atom. The van der Waals surface area contributed by atoms with Crippen molar-refractivity contribution in [1.29, 1.82) is 0 Å². The van der Waals surface area contributed by atoms with Crippen LogP contribution in [-0.2, 0) is 4.79 Å². The Morgan fingerprint density at radius 3 is 2.33 bits per heavy atom. The van der Waals surface area contributed by atoms with Gasteiger partial charge in [0, 0.05) is 13.1 Å². The van der Waals surface area contributed by atoms with Crippen molar-refractivity contribution in [3.8, 4) is 5.75 Å². The summed E-state index contributed by atoms with van der Waals surface area (Å²) in [6, 6.07) is 6.53. The standard InChI is InChI=1S/C16H26N2O3/c1-4-18(5-2)12-11-17-15(16(19)20)13-7-9-14(10-8-13)21-6-3/h7-10,15,17H,4-6,11-12H2,1-3H3,(H,19,20). The third-order valence-corrected chi connectivity index (χ3v) is 3.44. The minimum Gasteiger partial charge on any atom is -0.494 e. The molecule has 1 aromatic rings. The van der Waals surface area contributed by atoms with E-state index in [0.717, 1.165) is 30.9 Å². The van der Waals surface area contributed by atoms with Crippen LogP contribution >= 0.6 is 0 Å². The van der Waals surface area contributed by atoms with Gasteiger partial charge < -0.3 is 14.7 Å². The van der Waals surface area contributed by atoms with Gasteiger partial charge in [0.15, 0.2) is 0 Å². The lowest BCUT2D eigenvalue weighted by atomic mass is 10.1. The van der Waals surface area contributed by atoms with Crippen molar-refractivity contribution in [3.63, 3.8) is 0 Å². The van der Waals surface area contributed by atoms with Gasteiger partial charge in [-0.2, -0.15) is 0 Å². The molecule has 0 radical (unpaired) electrons. The van der Waals surface area contributed by atoms with Crippen LogP contribution < -0.4 is 10.1 Å². The Balaban J connectivity index is 2.62. The van der Waals surface area contributed by atoms with Gasteiger partial charge >= 0.3 is 5.97 Å².